The number of aliphatic hydroxyl groups excluding tert-OH is 1. The number of likely N-dealkylation sites (N-methyl/N-ethyl adjacent to an activating group) is 1. The number of hydrogen-bond acceptors (Lipinski definition) is 3. The lowest BCUT2D eigenvalue weighted by Gasteiger charge is -2.34. The molecule has 0 aliphatic rings. The molecule has 3 nitrogen and oxygen atoms in total. The van der Waals surface area contributed by atoms with Crippen molar-refractivity contribution in [1.82, 2.24) is 4.90 Å². The van der Waals surface area contributed by atoms with Crippen molar-refractivity contribution in [3.05, 3.63) is 0 Å². The van der Waals surface area contributed by atoms with Gasteiger partial charge in [0.1, 0.15) is 0 Å². The number of rotatable bonds is 7. The number of hydrogen-bond donors (Lipinski definition) is 2. The highest BCUT2D eigenvalue weighted by atomic mass is 16.3. The van der Waals surface area contributed by atoms with Gasteiger partial charge in [0.05, 0.1) is 6.61 Å². The molecule has 0 aromatic heterocycles. The molecule has 0 bridgehead atoms. The highest BCUT2D eigenvalue weighted by Gasteiger charge is 2.24. The molecule has 0 aromatic carbocycles. The minimum Gasteiger partial charge on any atom is -0.395 e. The Morgan fingerprint density at radius 3 is 2.13 bits per heavy atom. The van der Waals surface area contributed by atoms with Gasteiger partial charge >= 0.3 is 0 Å². The summed E-state index contributed by atoms with van der Waals surface area (Å²) in [5.41, 5.74) is 6.09. The standard InChI is InChI=1S/C12H28N2O/c1-6-10(4)7-14(5)11(8-15)12(13)9(2)3/h9-12,15H,6-8,13H2,1-5H3. The fourth-order valence-corrected chi connectivity index (χ4v) is 1.76. The van der Waals surface area contributed by atoms with Crippen LogP contribution in [0, 0.1) is 11.8 Å². The molecule has 3 heteroatoms. The van der Waals surface area contributed by atoms with E-state index in [1.54, 1.807) is 0 Å². The van der Waals surface area contributed by atoms with Crippen molar-refractivity contribution in [1.29, 1.82) is 0 Å². The molecule has 0 heterocycles. The van der Waals surface area contributed by atoms with Gasteiger partial charge in [-0.15, -0.1) is 0 Å². The first-order valence-corrected chi connectivity index (χ1v) is 6.00. The van der Waals surface area contributed by atoms with Gasteiger partial charge in [-0.25, -0.2) is 0 Å². The molecule has 0 amide bonds. The summed E-state index contributed by atoms with van der Waals surface area (Å²) in [4.78, 5) is 2.19. The maximum absolute atomic E-state index is 9.38. The van der Waals surface area contributed by atoms with E-state index < -0.39 is 0 Å². The van der Waals surface area contributed by atoms with Crippen molar-refractivity contribution < 1.29 is 5.11 Å². The quantitative estimate of drug-likeness (QED) is 0.674. The van der Waals surface area contributed by atoms with Crippen LogP contribution < -0.4 is 5.73 Å². The van der Waals surface area contributed by atoms with E-state index in [0.29, 0.717) is 11.8 Å². The first kappa shape index (κ1) is 14.9. The molecule has 15 heavy (non-hydrogen) atoms. The monoisotopic (exact) mass is 216 g/mol. The lowest BCUT2D eigenvalue weighted by molar-refractivity contribution is 0.101. The van der Waals surface area contributed by atoms with Gasteiger partial charge in [0.2, 0.25) is 0 Å². The topological polar surface area (TPSA) is 49.5 Å². The van der Waals surface area contributed by atoms with Crippen LogP contribution >= 0.6 is 0 Å². The largest absolute Gasteiger partial charge is 0.395 e. The second-order valence-electron chi connectivity index (χ2n) is 5.02. The van der Waals surface area contributed by atoms with Gasteiger partial charge in [-0.05, 0) is 18.9 Å². The zero-order valence-corrected chi connectivity index (χ0v) is 10.9. The van der Waals surface area contributed by atoms with Crippen LogP contribution in [0.4, 0.5) is 0 Å². The van der Waals surface area contributed by atoms with Crippen LogP contribution in [-0.4, -0.2) is 42.3 Å². The lowest BCUT2D eigenvalue weighted by atomic mass is 9.96. The predicted molar refractivity (Wildman–Crippen MR) is 65.8 cm³/mol. The smallest absolute Gasteiger partial charge is 0.0601 e. The third kappa shape index (κ3) is 4.96. The van der Waals surface area contributed by atoms with E-state index in [4.69, 9.17) is 5.73 Å². The number of aliphatic hydroxyl groups is 1. The molecule has 0 spiro atoms. The average Bonchev–Trinajstić information content (AvgIpc) is 2.18. The van der Waals surface area contributed by atoms with Gasteiger partial charge in [0, 0.05) is 18.6 Å². The van der Waals surface area contributed by atoms with Crippen LogP contribution in [0.2, 0.25) is 0 Å². The van der Waals surface area contributed by atoms with E-state index in [2.05, 4.69) is 39.6 Å². The van der Waals surface area contributed by atoms with Crippen molar-refractivity contribution in [2.24, 2.45) is 17.6 Å². The number of nitrogens with zero attached hydrogens (tertiary/aromatic N) is 1. The second-order valence-corrected chi connectivity index (χ2v) is 5.02. The van der Waals surface area contributed by atoms with Gasteiger partial charge in [-0.3, -0.25) is 4.90 Å². The predicted octanol–water partition coefficient (Wildman–Crippen LogP) is 1.31. The van der Waals surface area contributed by atoms with Crippen LogP contribution in [0.3, 0.4) is 0 Å². The van der Waals surface area contributed by atoms with Crippen LogP contribution in [0.15, 0.2) is 0 Å². The summed E-state index contributed by atoms with van der Waals surface area (Å²) in [6.45, 7) is 9.77. The third-order valence-electron chi connectivity index (χ3n) is 3.26. The van der Waals surface area contributed by atoms with Crippen LogP contribution in [-0.2, 0) is 0 Å². The Labute approximate surface area is 94.6 Å². The van der Waals surface area contributed by atoms with Gasteiger partial charge in [0.25, 0.3) is 0 Å². The summed E-state index contributed by atoms with van der Waals surface area (Å²) in [7, 11) is 2.05. The van der Waals surface area contributed by atoms with Crippen LogP contribution in [0.1, 0.15) is 34.1 Å². The van der Waals surface area contributed by atoms with E-state index in [1.165, 1.54) is 6.42 Å². The summed E-state index contributed by atoms with van der Waals surface area (Å²) < 4.78 is 0. The minimum absolute atomic E-state index is 0.0454. The van der Waals surface area contributed by atoms with Crippen LogP contribution in [0.5, 0.6) is 0 Å². The summed E-state index contributed by atoms with van der Waals surface area (Å²) in [6.07, 6.45) is 1.17. The lowest BCUT2D eigenvalue weighted by Crippen LogP contribution is -2.51. The highest BCUT2D eigenvalue weighted by molar-refractivity contribution is 4.82. The second kappa shape index (κ2) is 7.20. The van der Waals surface area contributed by atoms with E-state index >= 15 is 0 Å². The molecule has 0 aliphatic carbocycles. The van der Waals surface area contributed by atoms with E-state index in [0.717, 1.165) is 6.54 Å². The fourth-order valence-electron chi connectivity index (χ4n) is 1.76. The van der Waals surface area contributed by atoms with E-state index in [1.807, 2.05) is 0 Å². The molecule has 0 saturated heterocycles. The summed E-state index contributed by atoms with van der Waals surface area (Å²) in [6, 6.07) is 0.128. The van der Waals surface area contributed by atoms with Gasteiger partial charge in [0.15, 0.2) is 0 Å². The van der Waals surface area contributed by atoms with Crippen molar-refractivity contribution in [3.63, 3.8) is 0 Å². The Morgan fingerprint density at radius 1 is 1.27 bits per heavy atom. The van der Waals surface area contributed by atoms with Gasteiger partial charge in [-0.2, -0.15) is 0 Å². The summed E-state index contributed by atoms with van der Waals surface area (Å²) in [5.74, 6) is 1.06. The van der Waals surface area contributed by atoms with Crippen molar-refractivity contribution in [2.45, 2.75) is 46.2 Å². The Balaban J connectivity index is 4.26. The molecule has 0 aliphatic heterocycles. The van der Waals surface area contributed by atoms with E-state index in [9.17, 15) is 5.11 Å². The van der Waals surface area contributed by atoms with Crippen molar-refractivity contribution in [3.8, 4) is 0 Å². The first-order valence-electron chi connectivity index (χ1n) is 6.00. The molecule has 3 atom stereocenters. The minimum atomic E-state index is 0.0454. The van der Waals surface area contributed by atoms with Gasteiger partial charge < -0.3 is 10.8 Å². The average molecular weight is 216 g/mol. The van der Waals surface area contributed by atoms with Gasteiger partial charge in [-0.1, -0.05) is 34.1 Å². The molecule has 0 rings (SSSR count). The maximum atomic E-state index is 9.38. The summed E-state index contributed by atoms with van der Waals surface area (Å²) >= 11 is 0. The Morgan fingerprint density at radius 2 is 1.80 bits per heavy atom. The van der Waals surface area contributed by atoms with E-state index in [-0.39, 0.29) is 18.7 Å². The summed E-state index contributed by atoms with van der Waals surface area (Å²) in [5, 5.41) is 9.38. The zero-order chi connectivity index (χ0) is 12.0. The molecular weight excluding hydrogens is 188 g/mol. The molecule has 0 fully saturated rings. The fraction of sp³-hybridized carbons (Fsp3) is 1.00. The zero-order valence-electron chi connectivity index (χ0n) is 10.9. The Kier molecular flexibility index (Phi) is 7.14. The Hall–Kier alpha value is -0.120. The molecule has 0 aromatic rings. The Bertz CT molecular complexity index is 162. The maximum Gasteiger partial charge on any atom is 0.0601 e. The molecule has 92 valence electrons. The third-order valence-corrected chi connectivity index (χ3v) is 3.26. The molecule has 0 saturated carbocycles. The first-order chi connectivity index (χ1) is 6.93. The molecule has 0 radical (unpaired) electrons. The van der Waals surface area contributed by atoms with Crippen molar-refractivity contribution in [2.75, 3.05) is 20.2 Å². The van der Waals surface area contributed by atoms with Crippen molar-refractivity contribution >= 4 is 0 Å². The molecule has 3 N–H and O–H groups in total. The molecule has 3 unspecified atom stereocenters. The SMILES string of the molecule is CCC(C)CN(C)C(CO)C(N)C(C)C. The number of nitrogens with two attached hydrogens (primary N) is 1. The highest BCUT2D eigenvalue weighted by Crippen LogP contribution is 2.12. The normalized spacial score (nSPS) is 18.2. The van der Waals surface area contributed by atoms with Crippen LogP contribution in [0.25, 0.3) is 0 Å². The molecular formula is C12H28N2O.